The Balaban J connectivity index is 1.79. The Labute approximate surface area is 102 Å². The number of aromatic nitrogens is 1. The fraction of sp³-hybridized carbons (Fsp3) is 0.583. The maximum Gasteiger partial charge on any atom is 0.126 e. The molecular formula is C12H20N4O. The molecule has 1 saturated heterocycles. The number of hydrogen-bond acceptors (Lipinski definition) is 5. The van der Waals surface area contributed by atoms with E-state index >= 15 is 0 Å². The van der Waals surface area contributed by atoms with Crippen molar-refractivity contribution in [2.75, 3.05) is 43.9 Å². The molecule has 17 heavy (non-hydrogen) atoms. The molecule has 1 fully saturated rings. The minimum Gasteiger partial charge on any atom is -0.397 e. The molecule has 0 spiro atoms. The molecule has 1 atom stereocenters. The van der Waals surface area contributed by atoms with E-state index in [0.717, 1.165) is 38.7 Å². The average Bonchev–Trinajstić information content (AvgIpc) is 2.33. The smallest absolute Gasteiger partial charge is 0.126 e. The molecule has 0 radical (unpaired) electrons. The number of nitrogens with one attached hydrogen (secondary N) is 1. The van der Waals surface area contributed by atoms with Crippen molar-refractivity contribution in [1.29, 1.82) is 0 Å². The number of anilines is 2. The molecule has 0 aromatic carbocycles. The molecule has 1 aromatic heterocycles. The number of hydrogen-bond donors (Lipinski definition) is 2. The number of pyridine rings is 1. The highest BCUT2D eigenvalue weighted by molar-refractivity contribution is 5.44. The second-order valence-corrected chi connectivity index (χ2v) is 4.44. The monoisotopic (exact) mass is 236 g/mol. The Morgan fingerprint density at radius 2 is 2.24 bits per heavy atom. The Kier molecular flexibility index (Phi) is 4.17. The van der Waals surface area contributed by atoms with Gasteiger partial charge in [0, 0.05) is 25.7 Å². The quantitative estimate of drug-likeness (QED) is 0.809. The van der Waals surface area contributed by atoms with E-state index in [1.807, 2.05) is 12.1 Å². The number of rotatable bonds is 4. The van der Waals surface area contributed by atoms with Crippen molar-refractivity contribution in [2.24, 2.45) is 0 Å². The van der Waals surface area contributed by atoms with Crippen LogP contribution in [0.2, 0.25) is 0 Å². The molecule has 0 bridgehead atoms. The van der Waals surface area contributed by atoms with Crippen molar-refractivity contribution in [1.82, 2.24) is 9.88 Å². The van der Waals surface area contributed by atoms with Gasteiger partial charge in [-0.25, -0.2) is 4.98 Å². The first-order chi connectivity index (χ1) is 8.24. The zero-order valence-electron chi connectivity index (χ0n) is 10.2. The highest BCUT2D eigenvalue weighted by Crippen LogP contribution is 2.08. The zero-order chi connectivity index (χ0) is 12.1. The molecule has 0 aliphatic carbocycles. The van der Waals surface area contributed by atoms with Crippen LogP contribution in [0.4, 0.5) is 11.5 Å². The first-order valence-electron chi connectivity index (χ1n) is 6.02. The number of nitrogen functional groups attached to an aromatic ring is 1. The van der Waals surface area contributed by atoms with Crippen LogP contribution >= 0.6 is 0 Å². The fourth-order valence-electron chi connectivity index (χ4n) is 1.96. The summed E-state index contributed by atoms with van der Waals surface area (Å²) in [5, 5.41) is 3.37. The lowest BCUT2D eigenvalue weighted by Gasteiger charge is -2.29. The summed E-state index contributed by atoms with van der Waals surface area (Å²) in [6, 6.07) is 4.13. The van der Waals surface area contributed by atoms with Gasteiger partial charge in [-0.15, -0.1) is 0 Å². The van der Waals surface area contributed by atoms with Gasteiger partial charge in [-0.2, -0.15) is 0 Å². The summed E-state index contributed by atoms with van der Waals surface area (Å²) in [7, 11) is 0. The Morgan fingerprint density at radius 1 is 1.47 bits per heavy atom. The summed E-state index contributed by atoms with van der Waals surface area (Å²) in [4.78, 5) is 6.63. The maximum absolute atomic E-state index is 5.59. The van der Waals surface area contributed by atoms with E-state index < -0.39 is 0 Å². The molecular weight excluding hydrogens is 216 g/mol. The van der Waals surface area contributed by atoms with E-state index in [1.165, 1.54) is 0 Å². The lowest BCUT2D eigenvalue weighted by atomic mass is 10.3. The second kappa shape index (κ2) is 5.84. The van der Waals surface area contributed by atoms with Crippen molar-refractivity contribution >= 4 is 11.5 Å². The van der Waals surface area contributed by atoms with Gasteiger partial charge in [0.2, 0.25) is 0 Å². The van der Waals surface area contributed by atoms with Gasteiger partial charge in [0.15, 0.2) is 0 Å². The highest BCUT2D eigenvalue weighted by atomic mass is 16.5. The van der Waals surface area contributed by atoms with Crippen molar-refractivity contribution in [3.63, 3.8) is 0 Å². The van der Waals surface area contributed by atoms with Gasteiger partial charge in [-0.1, -0.05) is 0 Å². The number of ether oxygens (including phenoxy) is 1. The van der Waals surface area contributed by atoms with Crippen LogP contribution in [0.5, 0.6) is 0 Å². The third-order valence-corrected chi connectivity index (χ3v) is 2.82. The molecule has 0 saturated carbocycles. The standard InChI is InChI=1S/C12H20N4O/c1-10(9-16-4-6-17-7-5-16)15-12-3-2-11(13)8-14-12/h2-3,8,10H,4-7,9,13H2,1H3,(H,14,15). The van der Waals surface area contributed by atoms with E-state index in [4.69, 9.17) is 10.5 Å². The van der Waals surface area contributed by atoms with Crippen LogP contribution in [-0.4, -0.2) is 48.8 Å². The lowest BCUT2D eigenvalue weighted by molar-refractivity contribution is 0.0368. The molecule has 2 rings (SSSR count). The van der Waals surface area contributed by atoms with Crippen molar-refractivity contribution in [2.45, 2.75) is 13.0 Å². The Morgan fingerprint density at radius 3 is 2.88 bits per heavy atom. The zero-order valence-corrected chi connectivity index (χ0v) is 10.2. The molecule has 5 heteroatoms. The molecule has 1 aliphatic heterocycles. The molecule has 1 aromatic rings. The average molecular weight is 236 g/mol. The molecule has 0 amide bonds. The van der Waals surface area contributed by atoms with Gasteiger partial charge in [0.05, 0.1) is 25.1 Å². The van der Waals surface area contributed by atoms with Crippen LogP contribution < -0.4 is 11.1 Å². The first-order valence-corrected chi connectivity index (χ1v) is 6.02. The van der Waals surface area contributed by atoms with Crippen LogP contribution in [-0.2, 0) is 4.74 Å². The molecule has 3 N–H and O–H groups in total. The van der Waals surface area contributed by atoms with E-state index in [2.05, 4.69) is 22.1 Å². The highest BCUT2D eigenvalue weighted by Gasteiger charge is 2.13. The van der Waals surface area contributed by atoms with Crippen LogP contribution in [0, 0.1) is 0 Å². The summed E-state index contributed by atoms with van der Waals surface area (Å²) < 4.78 is 5.32. The molecule has 1 unspecified atom stereocenters. The minimum atomic E-state index is 0.365. The van der Waals surface area contributed by atoms with Gasteiger partial charge in [-0.05, 0) is 19.1 Å². The SMILES string of the molecule is CC(CN1CCOCC1)Nc1ccc(N)cn1. The Hall–Kier alpha value is -1.33. The summed E-state index contributed by atoms with van der Waals surface area (Å²) in [6.45, 7) is 6.88. The van der Waals surface area contributed by atoms with Crippen molar-refractivity contribution < 1.29 is 4.74 Å². The van der Waals surface area contributed by atoms with Gasteiger partial charge in [0.1, 0.15) is 5.82 Å². The molecule has 2 heterocycles. The molecule has 5 nitrogen and oxygen atoms in total. The van der Waals surface area contributed by atoms with Gasteiger partial charge < -0.3 is 15.8 Å². The predicted octanol–water partition coefficient (Wildman–Crippen LogP) is 0.796. The molecule has 94 valence electrons. The van der Waals surface area contributed by atoms with E-state index in [-0.39, 0.29) is 0 Å². The van der Waals surface area contributed by atoms with Gasteiger partial charge >= 0.3 is 0 Å². The normalized spacial score (nSPS) is 18.9. The van der Waals surface area contributed by atoms with E-state index in [1.54, 1.807) is 6.20 Å². The molecule has 1 aliphatic rings. The van der Waals surface area contributed by atoms with Gasteiger partial charge in [-0.3, -0.25) is 4.90 Å². The number of morpholine rings is 1. The van der Waals surface area contributed by atoms with Crippen molar-refractivity contribution in [3.8, 4) is 0 Å². The summed E-state index contributed by atoms with van der Waals surface area (Å²) in [6.07, 6.45) is 1.67. The van der Waals surface area contributed by atoms with Gasteiger partial charge in [0.25, 0.3) is 0 Å². The third-order valence-electron chi connectivity index (χ3n) is 2.82. The largest absolute Gasteiger partial charge is 0.397 e. The summed E-state index contributed by atoms with van der Waals surface area (Å²) in [5.74, 6) is 0.875. The first kappa shape index (κ1) is 12.1. The van der Waals surface area contributed by atoms with Crippen LogP contribution in [0.15, 0.2) is 18.3 Å². The summed E-state index contributed by atoms with van der Waals surface area (Å²) >= 11 is 0. The second-order valence-electron chi connectivity index (χ2n) is 4.44. The van der Waals surface area contributed by atoms with Crippen LogP contribution in [0.3, 0.4) is 0 Å². The topological polar surface area (TPSA) is 63.4 Å². The van der Waals surface area contributed by atoms with Crippen LogP contribution in [0.25, 0.3) is 0 Å². The number of nitrogens with two attached hydrogens (primary N) is 1. The summed E-state index contributed by atoms with van der Waals surface area (Å²) in [5.41, 5.74) is 6.29. The number of nitrogens with zero attached hydrogens (tertiary/aromatic N) is 2. The van der Waals surface area contributed by atoms with Crippen molar-refractivity contribution in [3.05, 3.63) is 18.3 Å². The minimum absolute atomic E-state index is 0.365. The lowest BCUT2D eigenvalue weighted by Crippen LogP contribution is -2.42. The fourth-order valence-corrected chi connectivity index (χ4v) is 1.96. The maximum atomic E-state index is 5.59. The Bertz CT molecular complexity index is 335. The third kappa shape index (κ3) is 3.87. The van der Waals surface area contributed by atoms with Crippen LogP contribution in [0.1, 0.15) is 6.92 Å². The predicted molar refractivity (Wildman–Crippen MR) is 69.0 cm³/mol. The van der Waals surface area contributed by atoms with E-state index in [0.29, 0.717) is 11.7 Å². The van der Waals surface area contributed by atoms with E-state index in [9.17, 15) is 0 Å².